The smallest absolute Gasteiger partial charge is 0.376 e. The minimum atomic E-state index is -4.58. The molecule has 1 amide bonds. The third-order valence-electron chi connectivity index (χ3n) is 3.59. The number of halogens is 3. The van der Waals surface area contributed by atoms with Crippen molar-refractivity contribution in [2.45, 2.75) is 32.0 Å². The molecule has 3 heterocycles. The van der Waals surface area contributed by atoms with E-state index in [0.717, 1.165) is 18.9 Å². The molecule has 6 nitrogen and oxygen atoms in total. The second-order valence-electron chi connectivity index (χ2n) is 5.43. The van der Waals surface area contributed by atoms with Crippen LogP contribution in [0.5, 0.6) is 0 Å². The zero-order chi connectivity index (χ0) is 16.6. The van der Waals surface area contributed by atoms with Crippen LogP contribution in [-0.4, -0.2) is 39.8 Å². The van der Waals surface area contributed by atoms with E-state index >= 15 is 0 Å². The standard InChI is InChI=1S/C14H15F3N4O2/c1-8-5-11(14(15,16)17)21-12(19-8)6-10(20-21)13(22)18-7-9-3-2-4-23-9/h5-6,9H,2-4,7H2,1H3,(H,18,22). The number of carbonyl (C=O) groups is 1. The molecule has 1 unspecified atom stereocenters. The van der Waals surface area contributed by atoms with Gasteiger partial charge in [0.2, 0.25) is 0 Å². The summed E-state index contributed by atoms with van der Waals surface area (Å²) in [5.41, 5.74) is -0.875. The minimum absolute atomic E-state index is 0.0143. The molecular formula is C14H15F3N4O2. The summed E-state index contributed by atoms with van der Waals surface area (Å²) in [6.45, 7) is 2.43. The molecule has 0 spiro atoms. The van der Waals surface area contributed by atoms with Crippen molar-refractivity contribution in [2.75, 3.05) is 13.2 Å². The first-order valence-electron chi connectivity index (χ1n) is 7.19. The highest BCUT2D eigenvalue weighted by molar-refractivity contribution is 5.93. The van der Waals surface area contributed by atoms with Crippen molar-refractivity contribution in [3.63, 3.8) is 0 Å². The van der Waals surface area contributed by atoms with Crippen molar-refractivity contribution in [2.24, 2.45) is 0 Å². The molecule has 1 N–H and O–H groups in total. The van der Waals surface area contributed by atoms with Gasteiger partial charge in [-0.2, -0.15) is 18.3 Å². The Morgan fingerprint density at radius 3 is 2.91 bits per heavy atom. The highest BCUT2D eigenvalue weighted by Gasteiger charge is 2.35. The van der Waals surface area contributed by atoms with Crippen molar-refractivity contribution in [1.29, 1.82) is 0 Å². The summed E-state index contributed by atoms with van der Waals surface area (Å²) in [5.74, 6) is -0.545. The van der Waals surface area contributed by atoms with Gasteiger partial charge in [0, 0.05) is 24.9 Å². The Morgan fingerprint density at radius 2 is 2.26 bits per heavy atom. The van der Waals surface area contributed by atoms with E-state index in [4.69, 9.17) is 4.74 Å². The van der Waals surface area contributed by atoms with Gasteiger partial charge in [0.15, 0.2) is 11.3 Å². The monoisotopic (exact) mass is 328 g/mol. The molecule has 3 rings (SSSR count). The molecule has 1 fully saturated rings. The van der Waals surface area contributed by atoms with E-state index in [-0.39, 0.29) is 23.1 Å². The average molecular weight is 328 g/mol. The van der Waals surface area contributed by atoms with E-state index in [1.54, 1.807) is 0 Å². The van der Waals surface area contributed by atoms with Gasteiger partial charge >= 0.3 is 6.18 Å². The Morgan fingerprint density at radius 1 is 1.48 bits per heavy atom. The number of amides is 1. The van der Waals surface area contributed by atoms with Crippen LogP contribution in [0.1, 0.15) is 34.7 Å². The lowest BCUT2D eigenvalue weighted by Crippen LogP contribution is -2.32. The molecule has 2 aromatic heterocycles. The second kappa shape index (κ2) is 5.80. The predicted molar refractivity (Wildman–Crippen MR) is 74.0 cm³/mol. The SMILES string of the molecule is Cc1cc(C(F)(F)F)n2nc(C(=O)NCC3CCCO3)cc2n1. The zero-order valence-electron chi connectivity index (χ0n) is 12.4. The highest BCUT2D eigenvalue weighted by Crippen LogP contribution is 2.29. The zero-order valence-corrected chi connectivity index (χ0v) is 12.4. The highest BCUT2D eigenvalue weighted by atomic mass is 19.4. The van der Waals surface area contributed by atoms with E-state index in [0.29, 0.717) is 17.7 Å². The van der Waals surface area contributed by atoms with Crippen molar-refractivity contribution < 1.29 is 22.7 Å². The Labute approximate surface area is 129 Å². The van der Waals surface area contributed by atoms with E-state index in [9.17, 15) is 18.0 Å². The first-order valence-corrected chi connectivity index (χ1v) is 7.19. The molecule has 0 saturated carbocycles. The van der Waals surface area contributed by atoms with Crippen LogP contribution < -0.4 is 5.32 Å². The third kappa shape index (κ3) is 3.29. The van der Waals surface area contributed by atoms with E-state index in [1.807, 2.05) is 0 Å². The fraction of sp³-hybridized carbons (Fsp3) is 0.500. The second-order valence-corrected chi connectivity index (χ2v) is 5.43. The number of nitrogens with zero attached hydrogens (tertiary/aromatic N) is 3. The van der Waals surface area contributed by atoms with Crippen LogP contribution >= 0.6 is 0 Å². The maximum Gasteiger partial charge on any atom is 0.433 e. The molecular weight excluding hydrogens is 313 g/mol. The summed E-state index contributed by atoms with van der Waals surface area (Å²) < 4.78 is 45.2. The number of carbonyl (C=O) groups excluding carboxylic acids is 1. The quantitative estimate of drug-likeness (QED) is 0.935. The lowest BCUT2D eigenvalue weighted by Gasteiger charge is -2.09. The number of rotatable bonds is 3. The van der Waals surface area contributed by atoms with Crippen LogP contribution in [0.3, 0.4) is 0 Å². The summed E-state index contributed by atoms with van der Waals surface area (Å²) in [7, 11) is 0. The van der Waals surface area contributed by atoms with Crippen molar-refractivity contribution in [3.05, 3.63) is 29.2 Å². The van der Waals surface area contributed by atoms with Gasteiger partial charge in [0.25, 0.3) is 5.91 Å². The largest absolute Gasteiger partial charge is 0.433 e. The summed E-state index contributed by atoms with van der Waals surface area (Å²) in [5, 5.41) is 6.37. The van der Waals surface area contributed by atoms with Gasteiger partial charge in [0.1, 0.15) is 5.69 Å². The van der Waals surface area contributed by atoms with Crippen molar-refractivity contribution in [3.8, 4) is 0 Å². The molecule has 9 heteroatoms. The molecule has 1 saturated heterocycles. The minimum Gasteiger partial charge on any atom is -0.376 e. The Balaban J connectivity index is 1.85. The van der Waals surface area contributed by atoms with Crippen LogP contribution in [0.15, 0.2) is 12.1 Å². The Kier molecular flexibility index (Phi) is 3.97. The van der Waals surface area contributed by atoms with E-state index in [1.165, 1.54) is 13.0 Å². The first kappa shape index (κ1) is 15.7. The fourth-order valence-corrected chi connectivity index (χ4v) is 2.52. The molecule has 0 bridgehead atoms. The number of nitrogens with one attached hydrogen (secondary N) is 1. The summed E-state index contributed by atoms with van der Waals surface area (Å²) in [6.07, 6.45) is -2.84. The molecule has 2 aromatic rings. The number of aryl methyl sites for hydroxylation is 1. The molecule has 0 aliphatic carbocycles. The maximum absolute atomic E-state index is 13.1. The number of aromatic nitrogens is 3. The van der Waals surface area contributed by atoms with Gasteiger partial charge in [-0.05, 0) is 25.8 Å². The Hall–Kier alpha value is -2.16. The lowest BCUT2D eigenvalue weighted by atomic mass is 10.2. The van der Waals surface area contributed by atoms with Gasteiger partial charge < -0.3 is 10.1 Å². The van der Waals surface area contributed by atoms with Crippen LogP contribution in [0.25, 0.3) is 5.65 Å². The molecule has 1 aliphatic heterocycles. The van der Waals surface area contributed by atoms with Crippen LogP contribution in [0, 0.1) is 6.92 Å². The molecule has 0 radical (unpaired) electrons. The van der Waals surface area contributed by atoms with E-state index in [2.05, 4.69) is 15.4 Å². The summed E-state index contributed by atoms with van der Waals surface area (Å²) in [6, 6.07) is 2.14. The van der Waals surface area contributed by atoms with Crippen LogP contribution in [-0.2, 0) is 10.9 Å². The molecule has 23 heavy (non-hydrogen) atoms. The molecule has 1 aliphatic rings. The predicted octanol–water partition coefficient (Wildman–Crippen LogP) is 1.97. The third-order valence-corrected chi connectivity index (χ3v) is 3.59. The van der Waals surface area contributed by atoms with Gasteiger partial charge in [-0.3, -0.25) is 4.79 Å². The van der Waals surface area contributed by atoms with Crippen LogP contribution in [0.2, 0.25) is 0 Å². The van der Waals surface area contributed by atoms with Crippen LogP contribution in [0.4, 0.5) is 13.2 Å². The molecule has 124 valence electrons. The summed E-state index contributed by atoms with van der Waals surface area (Å²) >= 11 is 0. The normalized spacial score (nSPS) is 18.5. The molecule has 1 atom stereocenters. The summed E-state index contributed by atoms with van der Waals surface area (Å²) in [4.78, 5) is 16.1. The van der Waals surface area contributed by atoms with E-state index < -0.39 is 17.8 Å². The fourth-order valence-electron chi connectivity index (χ4n) is 2.52. The van der Waals surface area contributed by atoms with Gasteiger partial charge in [-0.25, -0.2) is 9.50 Å². The van der Waals surface area contributed by atoms with Crippen molar-refractivity contribution >= 4 is 11.6 Å². The van der Waals surface area contributed by atoms with Gasteiger partial charge in [-0.15, -0.1) is 0 Å². The van der Waals surface area contributed by atoms with Crippen molar-refractivity contribution in [1.82, 2.24) is 19.9 Å². The van der Waals surface area contributed by atoms with Gasteiger partial charge in [-0.1, -0.05) is 0 Å². The number of hydrogen-bond acceptors (Lipinski definition) is 4. The Bertz CT molecular complexity index is 735. The number of alkyl halides is 3. The average Bonchev–Trinajstić information content (AvgIpc) is 3.11. The molecule has 0 aromatic carbocycles. The van der Waals surface area contributed by atoms with Gasteiger partial charge in [0.05, 0.1) is 6.10 Å². The topological polar surface area (TPSA) is 68.5 Å². The maximum atomic E-state index is 13.1. The lowest BCUT2D eigenvalue weighted by molar-refractivity contribution is -0.142. The number of ether oxygens (including phenoxy) is 1. The first-order chi connectivity index (χ1) is 10.8. The number of hydrogen-bond donors (Lipinski definition) is 1. The number of fused-ring (bicyclic) bond motifs is 1.